The third-order valence-electron chi connectivity index (χ3n) is 1.84. The van der Waals surface area contributed by atoms with Crippen molar-refractivity contribution in [3.8, 4) is 5.75 Å². The number of carboxylic acids is 1. The Hall–Kier alpha value is -2.18. The average Bonchev–Trinajstić information content (AvgIpc) is 2.15. The molecule has 1 aromatic carbocycles. The molecule has 0 saturated heterocycles. The van der Waals surface area contributed by atoms with Crippen LogP contribution in [-0.2, 0) is 0 Å². The van der Waals surface area contributed by atoms with E-state index in [0.717, 1.165) is 0 Å². The molecular weight excluding hydrogens is 233 g/mol. The number of aromatic carboxylic acids is 1. The molecule has 0 heterocycles. The van der Waals surface area contributed by atoms with Gasteiger partial charge in [0.15, 0.2) is 5.75 Å². The molecule has 0 amide bonds. The molecule has 0 atom stereocenters. The van der Waals surface area contributed by atoms with Gasteiger partial charge in [0, 0.05) is 12.1 Å². The van der Waals surface area contributed by atoms with Crippen LogP contribution in [0.1, 0.15) is 24.2 Å². The highest BCUT2D eigenvalue weighted by Gasteiger charge is 2.23. The molecule has 7 heteroatoms. The Morgan fingerprint density at radius 1 is 1.53 bits per heavy atom. The van der Waals surface area contributed by atoms with Crippen molar-refractivity contribution >= 4 is 11.7 Å². The van der Waals surface area contributed by atoms with Crippen molar-refractivity contribution in [2.75, 3.05) is 0 Å². The van der Waals surface area contributed by atoms with Crippen LogP contribution in [0.2, 0.25) is 0 Å². The van der Waals surface area contributed by atoms with E-state index < -0.39 is 28.0 Å². The van der Waals surface area contributed by atoms with Crippen LogP contribution in [0.15, 0.2) is 12.1 Å². The molecule has 17 heavy (non-hydrogen) atoms. The molecule has 0 saturated carbocycles. The zero-order valence-corrected chi connectivity index (χ0v) is 9.14. The van der Waals surface area contributed by atoms with Crippen molar-refractivity contribution < 1.29 is 24.0 Å². The standard InChI is InChI=1S/C10H10FNO5/c1-5(2)17-9-4-7(11)6(10(13)14)3-8(9)12(15)16/h3-5H,1-2H3,(H,13,14). The number of hydrogen-bond donors (Lipinski definition) is 1. The smallest absolute Gasteiger partial charge is 0.338 e. The number of nitro benzene ring substituents is 1. The van der Waals surface area contributed by atoms with E-state index in [9.17, 15) is 19.3 Å². The number of carboxylic acid groups (broad SMARTS) is 1. The largest absolute Gasteiger partial charge is 0.484 e. The number of benzene rings is 1. The Labute approximate surface area is 95.8 Å². The second kappa shape index (κ2) is 4.77. The fourth-order valence-corrected chi connectivity index (χ4v) is 1.20. The lowest BCUT2D eigenvalue weighted by Gasteiger charge is -2.10. The van der Waals surface area contributed by atoms with Gasteiger partial charge in [-0.25, -0.2) is 9.18 Å². The van der Waals surface area contributed by atoms with Gasteiger partial charge in [0.25, 0.3) is 0 Å². The minimum Gasteiger partial charge on any atom is -0.484 e. The van der Waals surface area contributed by atoms with E-state index >= 15 is 0 Å². The average molecular weight is 243 g/mol. The molecule has 0 unspecified atom stereocenters. The van der Waals surface area contributed by atoms with Crippen LogP contribution in [0.4, 0.5) is 10.1 Å². The number of carbonyl (C=O) groups is 1. The van der Waals surface area contributed by atoms with E-state index in [4.69, 9.17) is 9.84 Å². The van der Waals surface area contributed by atoms with Crippen LogP contribution in [0, 0.1) is 15.9 Å². The maximum absolute atomic E-state index is 13.3. The van der Waals surface area contributed by atoms with Gasteiger partial charge in [0.1, 0.15) is 11.4 Å². The van der Waals surface area contributed by atoms with Crippen LogP contribution in [-0.4, -0.2) is 22.1 Å². The number of nitrogens with zero attached hydrogens (tertiary/aromatic N) is 1. The first-order valence-electron chi connectivity index (χ1n) is 4.70. The molecule has 0 bridgehead atoms. The third kappa shape index (κ3) is 2.90. The van der Waals surface area contributed by atoms with Gasteiger partial charge >= 0.3 is 11.7 Å². The summed E-state index contributed by atoms with van der Waals surface area (Å²) < 4.78 is 18.4. The maximum atomic E-state index is 13.3. The summed E-state index contributed by atoms with van der Waals surface area (Å²) in [5.41, 5.74) is -1.33. The van der Waals surface area contributed by atoms with Crippen molar-refractivity contribution in [1.29, 1.82) is 0 Å². The fourth-order valence-electron chi connectivity index (χ4n) is 1.20. The summed E-state index contributed by atoms with van der Waals surface area (Å²) >= 11 is 0. The molecule has 1 rings (SSSR count). The summed E-state index contributed by atoms with van der Waals surface area (Å²) in [5.74, 6) is -2.92. The summed E-state index contributed by atoms with van der Waals surface area (Å²) in [4.78, 5) is 20.5. The lowest BCUT2D eigenvalue weighted by atomic mass is 10.1. The predicted molar refractivity (Wildman–Crippen MR) is 55.8 cm³/mol. The number of halogens is 1. The van der Waals surface area contributed by atoms with Crippen LogP contribution < -0.4 is 4.74 Å². The zero-order chi connectivity index (χ0) is 13.2. The van der Waals surface area contributed by atoms with Crippen LogP contribution in [0.25, 0.3) is 0 Å². The maximum Gasteiger partial charge on any atom is 0.338 e. The molecule has 92 valence electrons. The number of rotatable bonds is 4. The Morgan fingerprint density at radius 3 is 2.53 bits per heavy atom. The van der Waals surface area contributed by atoms with Crippen LogP contribution in [0.5, 0.6) is 5.75 Å². The van der Waals surface area contributed by atoms with Crippen molar-refractivity contribution in [2.45, 2.75) is 20.0 Å². The Balaban J connectivity index is 3.35. The molecule has 0 aromatic heterocycles. The van der Waals surface area contributed by atoms with Gasteiger partial charge in [-0.2, -0.15) is 0 Å². The highest BCUT2D eigenvalue weighted by atomic mass is 19.1. The van der Waals surface area contributed by atoms with Crippen molar-refractivity contribution in [2.24, 2.45) is 0 Å². The summed E-state index contributed by atoms with van der Waals surface area (Å²) in [6, 6.07) is 1.36. The zero-order valence-electron chi connectivity index (χ0n) is 9.14. The normalized spacial score (nSPS) is 10.4. The molecule has 1 N–H and O–H groups in total. The Morgan fingerprint density at radius 2 is 2.12 bits per heavy atom. The van der Waals surface area contributed by atoms with E-state index in [1.165, 1.54) is 0 Å². The van der Waals surface area contributed by atoms with Crippen molar-refractivity contribution in [3.63, 3.8) is 0 Å². The second-order valence-electron chi connectivity index (χ2n) is 3.53. The highest BCUT2D eigenvalue weighted by Crippen LogP contribution is 2.30. The third-order valence-corrected chi connectivity index (χ3v) is 1.84. The molecule has 1 aromatic rings. The molecule has 6 nitrogen and oxygen atoms in total. The minimum atomic E-state index is -1.57. The summed E-state index contributed by atoms with van der Waals surface area (Å²) in [5, 5.41) is 19.3. The summed E-state index contributed by atoms with van der Waals surface area (Å²) in [6.07, 6.45) is -0.385. The van der Waals surface area contributed by atoms with Gasteiger partial charge in [-0.05, 0) is 13.8 Å². The second-order valence-corrected chi connectivity index (χ2v) is 3.53. The summed E-state index contributed by atoms with van der Waals surface area (Å²) in [6.45, 7) is 3.24. The first-order valence-corrected chi connectivity index (χ1v) is 4.70. The number of hydrogen-bond acceptors (Lipinski definition) is 4. The topological polar surface area (TPSA) is 89.7 Å². The first-order chi connectivity index (χ1) is 7.82. The number of nitro groups is 1. The Bertz CT molecular complexity index is 472. The lowest BCUT2D eigenvalue weighted by Crippen LogP contribution is -2.10. The van der Waals surface area contributed by atoms with Crippen LogP contribution in [0.3, 0.4) is 0 Å². The fraction of sp³-hybridized carbons (Fsp3) is 0.300. The molecule has 0 radical (unpaired) electrons. The van der Waals surface area contributed by atoms with Gasteiger partial charge in [0.2, 0.25) is 0 Å². The number of ether oxygens (including phenoxy) is 1. The summed E-state index contributed by atoms with van der Waals surface area (Å²) in [7, 11) is 0. The molecular formula is C10H10FNO5. The molecule has 0 fully saturated rings. The monoisotopic (exact) mass is 243 g/mol. The highest BCUT2D eigenvalue weighted by molar-refractivity contribution is 5.89. The van der Waals surface area contributed by atoms with E-state index in [-0.39, 0.29) is 11.9 Å². The van der Waals surface area contributed by atoms with Gasteiger partial charge in [-0.1, -0.05) is 0 Å². The molecule has 0 aliphatic rings. The van der Waals surface area contributed by atoms with E-state index in [1.807, 2.05) is 0 Å². The lowest BCUT2D eigenvalue weighted by molar-refractivity contribution is -0.386. The quantitative estimate of drug-likeness (QED) is 0.646. The van der Waals surface area contributed by atoms with Gasteiger partial charge < -0.3 is 9.84 Å². The van der Waals surface area contributed by atoms with Crippen molar-refractivity contribution in [1.82, 2.24) is 0 Å². The predicted octanol–water partition coefficient (Wildman–Crippen LogP) is 2.22. The molecule has 0 aliphatic heterocycles. The first kappa shape index (κ1) is 12.9. The van der Waals surface area contributed by atoms with E-state index in [0.29, 0.717) is 12.1 Å². The van der Waals surface area contributed by atoms with Gasteiger partial charge in [-0.15, -0.1) is 0 Å². The van der Waals surface area contributed by atoms with E-state index in [2.05, 4.69) is 0 Å². The molecule has 0 aliphatic carbocycles. The van der Waals surface area contributed by atoms with Crippen molar-refractivity contribution in [3.05, 3.63) is 33.6 Å². The van der Waals surface area contributed by atoms with Gasteiger partial charge in [-0.3, -0.25) is 10.1 Å². The minimum absolute atomic E-state index is 0.285. The van der Waals surface area contributed by atoms with E-state index in [1.54, 1.807) is 13.8 Å². The SMILES string of the molecule is CC(C)Oc1cc(F)c(C(=O)O)cc1[N+](=O)[O-]. The van der Waals surface area contributed by atoms with Crippen LogP contribution >= 0.6 is 0 Å². The Kier molecular flexibility index (Phi) is 3.62. The molecule has 0 spiro atoms. The van der Waals surface area contributed by atoms with Gasteiger partial charge in [0.05, 0.1) is 11.0 Å².